The fraction of sp³-hybridized carbons (Fsp3) is 0.348. The predicted molar refractivity (Wildman–Crippen MR) is 123 cm³/mol. The number of ether oxygens (including phenoxy) is 1. The summed E-state index contributed by atoms with van der Waals surface area (Å²) in [7, 11) is 1.79. The van der Waals surface area contributed by atoms with Crippen LogP contribution >= 0.6 is 0 Å². The molecule has 2 unspecified atom stereocenters. The van der Waals surface area contributed by atoms with Gasteiger partial charge in [0.05, 0.1) is 28.9 Å². The van der Waals surface area contributed by atoms with Crippen LogP contribution in [0.1, 0.15) is 13.3 Å². The lowest BCUT2D eigenvalue weighted by Gasteiger charge is -2.55. The van der Waals surface area contributed by atoms with Gasteiger partial charge in [-0.2, -0.15) is 0 Å². The number of fused-ring (bicyclic) bond motifs is 5. The first-order valence-corrected chi connectivity index (χ1v) is 10.9. The van der Waals surface area contributed by atoms with Crippen LogP contribution in [-0.2, 0) is 0 Å². The average Bonchev–Trinajstić information content (AvgIpc) is 3.19. The van der Waals surface area contributed by atoms with E-state index in [1.54, 1.807) is 25.5 Å². The monoisotopic (exact) mass is 433 g/mol. The summed E-state index contributed by atoms with van der Waals surface area (Å²) in [6.45, 7) is 4.27. The molecule has 2 atom stereocenters. The number of pyridine rings is 1. The molecule has 32 heavy (non-hydrogen) atoms. The first kappa shape index (κ1) is 19.2. The summed E-state index contributed by atoms with van der Waals surface area (Å²) in [5.41, 5.74) is 5.15. The maximum absolute atomic E-state index is 14.6. The van der Waals surface area contributed by atoms with Crippen LogP contribution in [0.4, 0.5) is 15.8 Å². The predicted octanol–water partition coefficient (Wildman–Crippen LogP) is 3.30. The molecule has 164 valence electrons. The summed E-state index contributed by atoms with van der Waals surface area (Å²) in [6.07, 6.45) is 6.55. The van der Waals surface area contributed by atoms with Crippen LogP contribution in [0.15, 0.2) is 30.7 Å². The van der Waals surface area contributed by atoms with Crippen LogP contribution < -0.4 is 20.3 Å². The molecule has 9 heteroatoms. The zero-order chi connectivity index (χ0) is 21.8. The van der Waals surface area contributed by atoms with Gasteiger partial charge in [0, 0.05) is 67.3 Å². The van der Waals surface area contributed by atoms with Gasteiger partial charge >= 0.3 is 6.01 Å². The van der Waals surface area contributed by atoms with Crippen molar-refractivity contribution in [1.82, 2.24) is 25.3 Å². The molecule has 2 aliphatic rings. The molecule has 3 N–H and O–H groups in total. The molecule has 0 radical (unpaired) electrons. The number of nitrogens with zero attached hydrogens (tertiary/aromatic N) is 4. The van der Waals surface area contributed by atoms with Crippen molar-refractivity contribution in [3.05, 3.63) is 36.5 Å². The van der Waals surface area contributed by atoms with Gasteiger partial charge in [0.1, 0.15) is 11.5 Å². The highest BCUT2D eigenvalue weighted by molar-refractivity contribution is 6.18. The molecule has 2 fully saturated rings. The number of hydrogen-bond acceptors (Lipinski definition) is 7. The van der Waals surface area contributed by atoms with Gasteiger partial charge in [0.2, 0.25) is 0 Å². The van der Waals surface area contributed by atoms with Crippen LogP contribution in [0.3, 0.4) is 0 Å². The largest absolute Gasteiger partial charge is 0.464 e. The third-order valence-electron chi connectivity index (χ3n) is 6.50. The van der Waals surface area contributed by atoms with Crippen molar-refractivity contribution in [3.8, 4) is 17.1 Å². The maximum atomic E-state index is 14.6. The number of piperazine rings is 1. The Morgan fingerprint density at radius 1 is 1.16 bits per heavy atom. The summed E-state index contributed by atoms with van der Waals surface area (Å²) in [6, 6.07) is 4.23. The van der Waals surface area contributed by atoms with Crippen molar-refractivity contribution in [1.29, 1.82) is 0 Å². The average molecular weight is 433 g/mol. The molecule has 2 saturated heterocycles. The fourth-order valence-electron chi connectivity index (χ4n) is 5.09. The number of rotatable bonds is 5. The van der Waals surface area contributed by atoms with E-state index in [1.165, 1.54) is 6.07 Å². The van der Waals surface area contributed by atoms with Crippen LogP contribution in [0.5, 0.6) is 6.01 Å². The second-order valence-corrected chi connectivity index (χ2v) is 8.29. The van der Waals surface area contributed by atoms with Crippen molar-refractivity contribution in [2.45, 2.75) is 25.4 Å². The highest BCUT2D eigenvalue weighted by atomic mass is 19.1. The molecule has 6 rings (SSSR count). The number of halogens is 1. The molecule has 2 aliphatic heterocycles. The number of nitrogens with one attached hydrogen (secondary N) is 3. The van der Waals surface area contributed by atoms with Gasteiger partial charge in [0.15, 0.2) is 0 Å². The molecule has 5 heterocycles. The highest BCUT2D eigenvalue weighted by Gasteiger charge is 2.43. The fourth-order valence-corrected chi connectivity index (χ4v) is 5.09. The number of hydrogen-bond donors (Lipinski definition) is 3. The number of aromatic amines is 1. The first-order chi connectivity index (χ1) is 15.7. The van der Waals surface area contributed by atoms with Gasteiger partial charge < -0.3 is 25.3 Å². The van der Waals surface area contributed by atoms with Crippen LogP contribution in [-0.4, -0.2) is 58.8 Å². The van der Waals surface area contributed by atoms with E-state index in [2.05, 4.69) is 30.5 Å². The molecule has 0 aliphatic carbocycles. The van der Waals surface area contributed by atoms with Crippen LogP contribution in [0.25, 0.3) is 33.1 Å². The van der Waals surface area contributed by atoms with E-state index >= 15 is 0 Å². The zero-order valence-electron chi connectivity index (χ0n) is 17.9. The Labute approximate surface area is 184 Å². The van der Waals surface area contributed by atoms with Crippen LogP contribution in [0.2, 0.25) is 0 Å². The smallest absolute Gasteiger partial charge is 0.316 e. The molecular weight excluding hydrogens is 409 g/mol. The van der Waals surface area contributed by atoms with Gasteiger partial charge in [0.25, 0.3) is 0 Å². The lowest BCUT2D eigenvalue weighted by molar-refractivity contribution is 0.264. The quantitative estimate of drug-likeness (QED) is 0.445. The summed E-state index contributed by atoms with van der Waals surface area (Å²) < 4.78 is 20.0. The van der Waals surface area contributed by atoms with Crippen molar-refractivity contribution in [2.75, 3.05) is 37.0 Å². The summed E-state index contributed by atoms with van der Waals surface area (Å²) in [5.74, 6) is -0.283. The molecule has 2 bridgehead atoms. The molecule has 0 spiro atoms. The second-order valence-electron chi connectivity index (χ2n) is 8.29. The molecule has 8 nitrogen and oxygen atoms in total. The third-order valence-corrected chi connectivity index (χ3v) is 6.50. The normalized spacial score (nSPS) is 19.9. The second kappa shape index (κ2) is 7.30. The number of aromatic nitrogens is 4. The van der Waals surface area contributed by atoms with Crippen molar-refractivity contribution >= 4 is 33.3 Å². The first-order valence-electron chi connectivity index (χ1n) is 10.9. The van der Waals surface area contributed by atoms with Gasteiger partial charge in [-0.15, -0.1) is 0 Å². The van der Waals surface area contributed by atoms with E-state index in [4.69, 9.17) is 9.72 Å². The molecule has 4 aromatic rings. The van der Waals surface area contributed by atoms with E-state index in [0.717, 1.165) is 58.3 Å². The standard InChI is InChI=1S/C23H24FN7O/c1-3-32-23-28-7-12(8-29-23)17-11-27-22-19(21(17)31-14-6-15(31)10-26-9-14)16-4-13(24)5-18(25-2)20(16)30-22/h4-5,7-8,11,14-15,25-26H,3,6,9-10H2,1-2H3,(H,27,30). The Morgan fingerprint density at radius 3 is 2.62 bits per heavy atom. The van der Waals surface area contributed by atoms with Crippen molar-refractivity contribution < 1.29 is 9.13 Å². The van der Waals surface area contributed by atoms with E-state index in [0.29, 0.717) is 30.4 Å². The van der Waals surface area contributed by atoms with Crippen molar-refractivity contribution in [2.24, 2.45) is 0 Å². The van der Waals surface area contributed by atoms with Crippen LogP contribution in [0, 0.1) is 5.82 Å². The number of H-pyrrole nitrogens is 1. The van der Waals surface area contributed by atoms with Crippen molar-refractivity contribution in [3.63, 3.8) is 0 Å². The SMILES string of the molecule is CCOc1ncc(-c2cnc3[nH]c4c(NC)cc(F)cc4c3c2N2C3CNCC2C3)cn1. The Morgan fingerprint density at radius 2 is 1.94 bits per heavy atom. The molecular formula is C23H24FN7O. The Balaban J connectivity index is 1.63. The van der Waals surface area contributed by atoms with E-state index in [1.807, 2.05) is 13.1 Å². The number of benzene rings is 1. The third kappa shape index (κ3) is 2.81. The van der Waals surface area contributed by atoms with E-state index < -0.39 is 0 Å². The summed E-state index contributed by atoms with van der Waals surface area (Å²) in [4.78, 5) is 19.3. The lowest BCUT2D eigenvalue weighted by atomic mass is 9.86. The summed E-state index contributed by atoms with van der Waals surface area (Å²) >= 11 is 0. The number of piperidine rings is 1. The highest BCUT2D eigenvalue weighted by Crippen LogP contribution is 2.46. The van der Waals surface area contributed by atoms with Gasteiger partial charge in [-0.1, -0.05) is 0 Å². The Bertz CT molecular complexity index is 1310. The lowest BCUT2D eigenvalue weighted by Crippen LogP contribution is -2.68. The van der Waals surface area contributed by atoms with E-state index in [-0.39, 0.29) is 5.82 Å². The Hall–Kier alpha value is -3.46. The molecule has 3 aromatic heterocycles. The van der Waals surface area contributed by atoms with Gasteiger partial charge in [-0.05, 0) is 25.5 Å². The maximum Gasteiger partial charge on any atom is 0.316 e. The molecule has 0 amide bonds. The van der Waals surface area contributed by atoms with Gasteiger partial charge in [-0.3, -0.25) is 0 Å². The topological polar surface area (TPSA) is 91.0 Å². The molecule has 0 saturated carbocycles. The Kier molecular flexibility index (Phi) is 4.39. The van der Waals surface area contributed by atoms with E-state index in [9.17, 15) is 4.39 Å². The zero-order valence-corrected chi connectivity index (χ0v) is 17.9. The summed E-state index contributed by atoms with van der Waals surface area (Å²) in [5, 5.41) is 8.34. The number of anilines is 2. The minimum Gasteiger partial charge on any atom is -0.464 e. The minimum absolute atomic E-state index is 0.283. The molecule has 1 aromatic carbocycles. The minimum atomic E-state index is -0.283. The van der Waals surface area contributed by atoms with Gasteiger partial charge in [-0.25, -0.2) is 19.3 Å².